The van der Waals surface area contributed by atoms with E-state index in [1.807, 2.05) is 31.2 Å². The number of hydrogen-bond acceptors (Lipinski definition) is 6. The maximum absolute atomic E-state index is 14.6. The lowest BCUT2D eigenvalue weighted by Gasteiger charge is -2.23. The number of nitrogens with zero attached hydrogens (tertiary/aromatic N) is 1. The summed E-state index contributed by atoms with van der Waals surface area (Å²) in [5.74, 6) is 0.281. The summed E-state index contributed by atoms with van der Waals surface area (Å²) in [6, 6.07) is 12.4. The molecule has 1 saturated heterocycles. The topological polar surface area (TPSA) is 103 Å². The summed E-state index contributed by atoms with van der Waals surface area (Å²) < 4.78 is 49.8. The van der Waals surface area contributed by atoms with Gasteiger partial charge in [0.1, 0.15) is 24.3 Å². The summed E-state index contributed by atoms with van der Waals surface area (Å²) in [4.78, 5) is 15.7. The number of benzene rings is 2. The van der Waals surface area contributed by atoms with Gasteiger partial charge < -0.3 is 14.6 Å². The number of carboxylic acids is 1. The molecule has 0 radical (unpaired) electrons. The molecule has 0 amide bonds. The van der Waals surface area contributed by atoms with E-state index in [1.54, 1.807) is 18.3 Å². The Bertz CT molecular complexity index is 1520. The van der Waals surface area contributed by atoms with Crippen LogP contribution in [0.3, 0.4) is 0 Å². The highest BCUT2D eigenvalue weighted by Crippen LogP contribution is 2.61. The van der Waals surface area contributed by atoms with Crippen molar-refractivity contribution in [3.05, 3.63) is 76.7 Å². The highest BCUT2D eigenvalue weighted by Gasteiger charge is 2.59. The Balaban J connectivity index is 1.13. The van der Waals surface area contributed by atoms with Crippen LogP contribution in [0.5, 0.6) is 11.6 Å². The van der Waals surface area contributed by atoms with Gasteiger partial charge in [-0.3, -0.25) is 4.79 Å². The van der Waals surface area contributed by atoms with Crippen molar-refractivity contribution in [1.29, 1.82) is 0 Å². The number of hydrogen-bond donors (Lipinski definition) is 1. The lowest BCUT2D eigenvalue weighted by molar-refractivity contribution is -0.139. The maximum atomic E-state index is 14.6. The van der Waals surface area contributed by atoms with Crippen LogP contribution in [0.25, 0.3) is 11.1 Å². The molecule has 2 aromatic carbocycles. The van der Waals surface area contributed by atoms with Gasteiger partial charge in [0.25, 0.3) is 0 Å². The van der Waals surface area contributed by atoms with Crippen LogP contribution < -0.4 is 9.47 Å². The highest BCUT2D eigenvalue weighted by molar-refractivity contribution is 7.91. The zero-order chi connectivity index (χ0) is 26.6. The summed E-state index contributed by atoms with van der Waals surface area (Å²) in [5, 5.41) is 9.30. The lowest BCUT2D eigenvalue weighted by Crippen LogP contribution is -2.30. The molecule has 9 heteroatoms. The van der Waals surface area contributed by atoms with Gasteiger partial charge in [-0.1, -0.05) is 12.1 Å². The molecule has 3 aromatic rings. The Kier molecular flexibility index (Phi) is 6.13. The number of rotatable bonds is 7. The van der Waals surface area contributed by atoms with E-state index in [2.05, 4.69) is 4.98 Å². The number of aliphatic carboxylic acids is 1. The lowest BCUT2D eigenvalue weighted by atomic mass is 10.0. The first kappa shape index (κ1) is 24.9. The molecule has 0 spiro atoms. The Morgan fingerprint density at radius 3 is 2.66 bits per heavy atom. The van der Waals surface area contributed by atoms with Crippen LogP contribution in [0.15, 0.2) is 48.7 Å². The fraction of sp³-hybridized carbons (Fsp3) is 0.379. The molecule has 6 rings (SSSR count). The molecule has 0 bridgehead atoms. The van der Waals surface area contributed by atoms with Gasteiger partial charge in [-0.2, -0.15) is 0 Å². The van der Waals surface area contributed by atoms with Gasteiger partial charge in [0.15, 0.2) is 9.84 Å². The molecule has 1 aromatic heterocycles. The van der Waals surface area contributed by atoms with Gasteiger partial charge in [-0.25, -0.2) is 17.8 Å². The second-order valence-corrected chi connectivity index (χ2v) is 12.8. The monoisotopic (exact) mass is 537 g/mol. The number of sulfone groups is 1. The first-order valence-corrected chi connectivity index (χ1v) is 14.6. The maximum Gasteiger partial charge on any atom is 0.307 e. The largest absolute Gasteiger partial charge is 0.489 e. The molecule has 1 N–H and O–H groups in total. The van der Waals surface area contributed by atoms with Crippen molar-refractivity contribution >= 4 is 15.8 Å². The Hall–Kier alpha value is -3.46. The van der Waals surface area contributed by atoms with Crippen molar-refractivity contribution in [2.45, 2.75) is 44.8 Å². The molecule has 2 aliphatic carbocycles. The van der Waals surface area contributed by atoms with E-state index in [0.29, 0.717) is 30.0 Å². The Labute approximate surface area is 220 Å². The van der Waals surface area contributed by atoms with E-state index in [9.17, 15) is 22.7 Å². The first-order chi connectivity index (χ1) is 18.2. The molecule has 198 valence electrons. The van der Waals surface area contributed by atoms with Gasteiger partial charge in [-0.05, 0) is 78.6 Å². The van der Waals surface area contributed by atoms with E-state index in [1.165, 1.54) is 6.07 Å². The zero-order valence-corrected chi connectivity index (χ0v) is 21.7. The minimum absolute atomic E-state index is 0.0569. The smallest absolute Gasteiger partial charge is 0.307 e. The van der Waals surface area contributed by atoms with Crippen molar-refractivity contribution in [2.75, 3.05) is 11.5 Å². The summed E-state index contributed by atoms with van der Waals surface area (Å²) in [7, 11) is -2.96. The van der Waals surface area contributed by atoms with Crippen molar-refractivity contribution < 1.29 is 32.2 Å². The summed E-state index contributed by atoms with van der Waals surface area (Å²) in [5.41, 5.74) is 5.18. The first-order valence-electron chi connectivity index (χ1n) is 12.8. The van der Waals surface area contributed by atoms with Gasteiger partial charge in [0.05, 0.1) is 17.4 Å². The van der Waals surface area contributed by atoms with E-state index in [-0.39, 0.29) is 47.8 Å². The number of fused-ring (bicyclic) bond motifs is 3. The van der Waals surface area contributed by atoms with Gasteiger partial charge in [0, 0.05) is 29.3 Å². The van der Waals surface area contributed by atoms with Crippen LogP contribution in [-0.4, -0.2) is 42.1 Å². The minimum atomic E-state index is -2.96. The molecule has 1 aliphatic heterocycles. The van der Waals surface area contributed by atoms with Gasteiger partial charge in [0.2, 0.25) is 5.88 Å². The summed E-state index contributed by atoms with van der Waals surface area (Å²) in [6.07, 6.45) is 3.18. The van der Waals surface area contributed by atoms with E-state index < -0.39 is 15.8 Å². The predicted octanol–water partition coefficient (Wildman–Crippen LogP) is 4.70. The predicted molar refractivity (Wildman–Crippen MR) is 139 cm³/mol. The third-order valence-corrected chi connectivity index (χ3v) is 9.72. The SMILES string of the molecule is Cc1cc(OC2CCS(=O)(=O)CC2)ncc1-c1ccc(F)c(COc2ccc3c(c2)C[C@H]2[C@H](C(=O)O)[C@@H]32)c1. The van der Waals surface area contributed by atoms with Crippen molar-refractivity contribution in [3.63, 3.8) is 0 Å². The second kappa shape index (κ2) is 9.38. The molecule has 0 unspecified atom stereocenters. The zero-order valence-electron chi connectivity index (χ0n) is 20.9. The van der Waals surface area contributed by atoms with Crippen LogP contribution in [0.4, 0.5) is 4.39 Å². The molecule has 38 heavy (non-hydrogen) atoms. The molecule has 3 atom stereocenters. The molecular weight excluding hydrogens is 509 g/mol. The molecule has 2 heterocycles. The average Bonchev–Trinajstić information content (AvgIpc) is 3.47. The third kappa shape index (κ3) is 4.75. The summed E-state index contributed by atoms with van der Waals surface area (Å²) in [6.45, 7) is 1.99. The van der Waals surface area contributed by atoms with Crippen LogP contribution in [0.1, 0.15) is 41.0 Å². The fourth-order valence-electron chi connectivity index (χ4n) is 5.88. The minimum Gasteiger partial charge on any atom is -0.489 e. The third-order valence-electron chi connectivity index (χ3n) is 8.01. The summed E-state index contributed by atoms with van der Waals surface area (Å²) >= 11 is 0. The van der Waals surface area contributed by atoms with Crippen molar-refractivity contribution in [1.82, 2.24) is 4.98 Å². The Morgan fingerprint density at radius 1 is 1.13 bits per heavy atom. The molecule has 1 saturated carbocycles. The van der Waals surface area contributed by atoms with Crippen LogP contribution in [0.2, 0.25) is 0 Å². The molecule has 2 fully saturated rings. The molecular formula is C29H28FNO6S. The standard InChI is InChI=1S/C29H28FNO6S/c1-16-10-26(37-20-6-8-38(34,35)9-7-20)31-14-24(16)17-2-5-25(30)19(11-17)15-36-21-3-4-22-18(12-21)13-23-27(22)28(23)29(32)33/h2-5,10-12,14,20,23,27-28H,6-9,13,15H2,1H3,(H,32,33)/t23-,27+,28+/m1/s1. The second-order valence-electron chi connectivity index (χ2n) is 10.5. The van der Waals surface area contributed by atoms with Crippen molar-refractivity contribution in [3.8, 4) is 22.8 Å². The number of carboxylic acid groups (broad SMARTS) is 1. The molecule has 3 aliphatic rings. The molecule has 7 nitrogen and oxygen atoms in total. The Morgan fingerprint density at radius 2 is 1.92 bits per heavy atom. The quantitative estimate of drug-likeness (QED) is 0.466. The number of halogens is 1. The van der Waals surface area contributed by atoms with E-state index in [4.69, 9.17) is 9.47 Å². The van der Waals surface area contributed by atoms with Gasteiger partial charge in [-0.15, -0.1) is 0 Å². The fourth-order valence-corrected chi connectivity index (χ4v) is 7.33. The number of ether oxygens (including phenoxy) is 2. The number of aromatic nitrogens is 1. The number of aryl methyl sites for hydroxylation is 1. The van der Waals surface area contributed by atoms with Crippen LogP contribution in [-0.2, 0) is 27.7 Å². The highest BCUT2D eigenvalue weighted by atomic mass is 32.2. The van der Waals surface area contributed by atoms with Crippen LogP contribution >= 0.6 is 0 Å². The number of pyridine rings is 1. The average molecular weight is 538 g/mol. The van der Waals surface area contributed by atoms with E-state index in [0.717, 1.165) is 34.2 Å². The van der Waals surface area contributed by atoms with Crippen LogP contribution in [0, 0.1) is 24.6 Å². The number of carbonyl (C=O) groups is 1. The normalized spacial score (nSPS) is 23.4. The van der Waals surface area contributed by atoms with E-state index >= 15 is 0 Å². The van der Waals surface area contributed by atoms with Crippen molar-refractivity contribution in [2.24, 2.45) is 11.8 Å². The van der Waals surface area contributed by atoms with Gasteiger partial charge >= 0.3 is 5.97 Å².